The molecular formula is C18H22ClN3O3. The molecule has 2 aromatic rings. The predicted octanol–water partition coefficient (Wildman–Crippen LogP) is 2.20. The third kappa shape index (κ3) is 4.61. The molecule has 1 aromatic heterocycles. The fourth-order valence-corrected chi connectivity index (χ4v) is 3.16. The van der Waals surface area contributed by atoms with Crippen molar-refractivity contribution in [2.45, 2.75) is 12.6 Å². The summed E-state index contributed by atoms with van der Waals surface area (Å²) >= 11 is 6.15. The minimum atomic E-state index is -0.177. The molecule has 134 valence electrons. The van der Waals surface area contributed by atoms with Crippen molar-refractivity contribution in [3.63, 3.8) is 0 Å². The van der Waals surface area contributed by atoms with Gasteiger partial charge in [0.05, 0.1) is 31.4 Å². The number of halogens is 1. The average molecular weight is 364 g/mol. The predicted molar refractivity (Wildman–Crippen MR) is 95.5 cm³/mol. The molecule has 0 bridgehead atoms. The van der Waals surface area contributed by atoms with Gasteiger partial charge >= 0.3 is 0 Å². The first-order valence-corrected chi connectivity index (χ1v) is 8.68. The fraction of sp³-hybridized carbons (Fsp3) is 0.389. The van der Waals surface area contributed by atoms with Crippen LogP contribution in [0.4, 0.5) is 0 Å². The van der Waals surface area contributed by atoms with E-state index in [0.717, 1.165) is 18.7 Å². The molecule has 1 aliphatic rings. The summed E-state index contributed by atoms with van der Waals surface area (Å²) < 4.78 is 10.7. The van der Waals surface area contributed by atoms with E-state index in [0.29, 0.717) is 36.1 Å². The van der Waals surface area contributed by atoms with Crippen molar-refractivity contribution in [3.05, 3.63) is 58.5 Å². The summed E-state index contributed by atoms with van der Waals surface area (Å²) in [6.45, 7) is 3.75. The molecule has 1 unspecified atom stereocenters. The Bertz CT molecular complexity index is 713. The van der Waals surface area contributed by atoms with E-state index in [4.69, 9.17) is 26.5 Å². The van der Waals surface area contributed by atoms with Crippen LogP contribution in [-0.2, 0) is 11.3 Å². The fourth-order valence-electron chi connectivity index (χ4n) is 2.96. The summed E-state index contributed by atoms with van der Waals surface area (Å²) in [5.74, 6) is 0.411. The van der Waals surface area contributed by atoms with E-state index in [2.05, 4.69) is 10.2 Å². The molecule has 1 fully saturated rings. The van der Waals surface area contributed by atoms with Gasteiger partial charge in [0.2, 0.25) is 0 Å². The Labute approximate surface area is 151 Å². The Morgan fingerprint density at radius 3 is 2.80 bits per heavy atom. The third-order valence-electron chi connectivity index (χ3n) is 4.29. The van der Waals surface area contributed by atoms with Crippen LogP contribution < -0.4 is 11.1 Å². The van der Waals surface area contributed by atoms with Crippen LogP contribution in [0.1, 0.15) is 27.7 Å². The van der Waals surface area contributed by atoms with Crippen molar-refractivity contribution < 1.29 is 13.9 Å². The Kier molecular flexibility index (Phi) is 6.09. The molecule has 1 atom stereocenters. The molecule has 7 heteroatoms. The van der Waals surface area contributed by atoms with E-state index in [1.807, 2.05) is 24.3 Å². The van der Waals surface area contributed by atoms with Crippen molar-refractivity contribution in [1.82, 2.24) is 10.2 Å². The number of hydrogen-bond acceptors (Lipinski definition) is 5. The lowest BCUT2D eigenvalue weighted by Gasteiger charge is -2.35. The minimum absolute atomic E-state index is 0.0347. The second-order valence-corrected chi connectivity index (χ2v) is 6.37. The number of carbonyl (C=O) groups is 1. The van der Waals surface area contributed by atoms with Gasteiger partial charge < -0.3 is 20.2 Å². The number of benzene rings is 1. The van der Waals surface area contributed by atoms with Gasteiger partial charge in [0.15, 0.2) is 0 Å². The lowest BCUT2D eigenvalue weighted by atomic mass is 10.0. The highest BCUT2D eigenvalue weighted by Gasteiger charge is 2.24. The molecule has 0 spiro atoms. The molecule has 0 aliphatic carbocycles. The van der Waals surface area contributed by atoms with Gasteiger partial charge in [-0.15, -0.1) is 0 Å². The van der Waals surface area contributed by atoms with E-state index >= 15 is 0 Å². The Balaban J connectivity index is 1.71. The van der Waals surface area contributed by atoms with Crippen LogP contribution >= 0.6 is 11.6 Å². The average Bonchev–Trinajstić information content (AvgIpc) is 3.12. The second kappa shape index (κ2) is 8.49. The number of carbonyl (C=O) groups excluding carboxylic acids is 1. The van der Waals surface area contributed by atoms with E-state index in [-0.39, 0.29) is 18.5 Å². The van der Waals surface area contributed by atoms with Gasteiger partial charge in [-0.1, -0.05) is 23.7 Å². The molecule has 1 aliphatic heterocycles. The zero-order chi connectivity index (χ0) is 17.6. The number of nitrogens with two attached hydrogens (primary N) is 1. The SMILES string of the molecule is NCc1cc(C(=O)NCC(c2cccc(Cl)c2)N2CCOCC2)co1. The van der Waals surface area contributed by atoms with Gasteiger partial charge in [0.25, 0.3) is 5.91 Å². The van der Waals surface area contributed by atoms with Crippen LogP contribution in [0.15, 0.2) is 41.0 Å². The molecule has 1 aromatic carbocycles. The summed E-state index contributed by atoms with van der Waals surface area (Å²) in [7, 11) is 0. The minimum Gasteiger partial charge on any atom is -0.467 e. The molecule has 3 N–H and O–H groups in total. The molecular weight excluding hydrogens is 342 g/mol. The van der Waals surface area contributed by atoms with Crippen LogP contribution in [0.3, 0.4) is 0 Å². The molecule has 2 heterocycles. The van der Waals surface area contributed by atoms with Gasteiger partial charge in [-0.2, -0.15) is 0 Å². The number of nitrogens with zero attached hydrogens (tertiary/aromatic N) is 1. The third-order valence-corrected chi connectivity index (χ3v) is 4.53. The number of amides is 1. The number of ether oxygens (including phenoxy) is 1. The standard InChI is InChI=1S/C18H22ClN3O3/c19-15-3-1-2-13(8-15)17(22-4-6-24-7-5-22)11-21-18(23)14-9-16(10-20)25-12-14/h1-3,8-9,12,17H,4-7,10-11,20H2,(H,21,23). The normalized spacial score (nSPS) is 16.6. The van der Waals surface area contributed by atoms with Crippen LogP contribution in [0.2, 0.25) is 5.02 Å². The highest BCUT2D eigenvalue weighted by molar-refractivity contribution is 6.30. The van der Waals surface area contributed by atoms with Crippen molar-refractivity contribution in [2.24, 2.45) is 5.73 Å². The van der Waals surface area contributed by atoms with E-state index < -0.39 is 0 Å². The molecule has 25 heavy (non-hydrogen) atoms. The van der Waals surface area contributed by atoms with Gasteiger partial charge in [-0.25, -0.2) is 0 Å². The van der Waals surface area contributed by atoms with Gasteiger partial charge in [-0.3, -0.25) is 9.69 Å². The summed E-state index contributed by atoms with van der Waals surface area (Å²) in [5, 5.41) is 3.67. The van der Waals surface area contributed by atoms with Crippen molar-refractivity contribution >= 4 is 17.5 Å². The molecule has 1 saturated heterocycles. The maximum atomic E-state index is 12.4. The van der Waals surface area contributed by atoms with E-state index in [1.165, 1.54) is 6.26 Å². The highest BCUT2D eigenvalue weighted by atomic mass is 35.5. The Hall–Kier alpha value is -1.86. The topological polar surface area (TPSA) is 80.7 Å². The molecule has 1 amide bonds. The largest absolute Gasteiger partial charge is 0.467 e. The van der Waals surface area contributed by atoms with Gasteiger partial charge in [0, 0.05) is 24.7 Å². The van der Waals surface area contributed by atoms with Crippen LogP contribution in [0.5, 0.6) is 0 Å². The first-order valence-electron chi connectivity index (χ1n) is 8.30. The molecule has 0 saturated carbocycles. The summed E-state index contributed by atoms with van der Waals surface area (Å²) in [4.78, 5) is 14.7. The smallest absolute Gasteiger partial charge is 0.254 e. The summed E-state index contributed by atoms with van der Waals surface area (Å²) in [5.41, 5.74) is 7.07. The molecule has 0 radical (unpaired) electrons. The maximum Gasteiger partial charge on any atom is 0.254 e. The first kappa shape index (κ1) is 17.9. The first-order chi connectivity index (χ1) is 12.2. The van der Waals surface area contributed by atoms with Crippen LogP contribution in [-0.4, -0.2) is 43.7 Å². The molecule has 3 rings (SSSR count). The Morgan fingerprint density at radius 1 is 1.32 bits per heavy atom. The van der Waals surface area contributed by atoms with Crippen molar-refractivity contribution in [3.8, 4) is 0 Å². The number of morpholine rings is 1. The van der Waals surface area contributed by atoms with Crippen LogP contribution in [0, 0.1) is 0 Å². The highest BCUT2D eigenvalue weighted by Crippen LogP contribution is 2.24. The lowest BCUT2D eigenvalue weighted by molar-refractivity contribution is 0.0162. The summed E-state index contributed by atoms with van der Waals surface area (Å²) in [6.07, 6.45) is 1.43. The number of nitrogens with one attached hydrogen (secondary N) is 1. The summed E-state index contributed by atoms with van der Waals surface area (Å²) in [6, 6.07) is 9.45. The zero-order valence-electron chi connectivity index (χ0n) is 13.9. The number of rotatable bonds is 6. The van der Waals surface area contributed by atoms with Crippen molar-refractivity contribution in [2.75, 3.05) is 32.8 Å². The zero-order valence-corrected chi connectivity index (χ0v) is 14.7. The maximum absolute atomic E-state index is 12.4. The molecule has 6 nitrogen and oxygen atoms in total. The number of hydrogen-bond donors (Lipinski definition) is 2. The number of furan rings is 1. The van der Waals surface area contributed by atoms with E-state index in [9.17, 15) is 4.79 Å². The lowest BCUT2D eigenvalue weighted by Crippen LogP contribution is -2.43. The van der Waals surface area contributed by atoms with Crippen molar-refractivity contribution in [1.29, 1.82) is 0 Å². The Morgan fingerprint density at radius 2 is 2.12 bits per heavy atom. The quantitative estimate of drug-likeness (QED) is 0.822. The van der Waals surface area contributed by atoms with E-state index in [1.54, 1.807) is 6.07 Å². The van der Waals surface area contributed by atoms with Gasteiger partial charge in [0.1, 0.15) is 12.0 Å². The van der Waals surface area contributed by atoms with Crippen LogP contribution in [0.25, 0.3) is 0 Å². The van der Waals surface area contributed by atoms with Gasteiger partial charge in [-0.05, 0) is 23.8 Å². The monoisotopic (exact) mass is 363 g/mol. The second-order valence-electron chi connectivity index (χ2n) is 5.93.